The summed E-state index contributed by atoms with van der Waals surface area (Å²) in [6.07, 6.45) is 0. The molecule has 2 heterocycles. The maximum absolute atomic E-state index is 9.24. The maximum atomic E-state index is 9.24. The molecule has 1 aromatic carbocycles. The third-order valence-corrected chi connectivity index (χ3v) is 2.67. The number of aromatic nitrogens is 3. The van der Waals surface area contributed by atoms with Crippen molar-refractivity contribution in [2.45, 2.75) is 6.92 Å². The predicted molar refractivity (Wildman–Crippen MR) is 64.8 cm³/mol. The third-order valence-electron chi connectivity index (χ3n) is 2.67. The molecule has 0 bridgehead atoms. The Morgan fingerprint density at radius 2 is 1.82 bits per heavy atom. The first-order chi connectivity index (χ1) is 8.24. The molecule has 0 radical (unpaired) electrons. The van der Waals surface area contributed by atoms with E-state index in [0.29, 0.717) is 5.82 Å². The number of hydrogen-bond acceptors (Lipinski definition) is 3. The first-order valence-electron chi connectivity index (χ1n) is 5.36. The van der Waals surface area contributed by atoms with Crippen LogP contribution in [0, 0.1) is 6.92 Å². The summed E-state index contributed by atoms with van der Waals surface area (Å²) in [5.74, 6) is 0.910. The Hall–Kier alpha value is -2.36. The highest BCUT2D eigenvalue weighted by atomic mass is 16.3. The second-order valence-corrected chi connectivity index (χ2v) is 3.92. The minimum Gasteiger partial charge on any atom is -0.508 e. The summed E-state index contributed by atoms with van der Waals surface area (Å²) in [5.41, 5.74) is 2.76. The van der Waals surface area contributed by atoms with E-state index in [-0.39, 0.29) is 5.75 Å². The summed E-state index contributed by atoms with van der Waals surface area (Å²) in [4.78, 5) is 4.44. The number of hydrogen-bond donors (Lipinski definition) is 1. The first-order valence-corrected chi connectivity index (χ1v) is 5.36. The molecule has 0 aliphatic carbocycles. The van der Waals surface area contributed by atoms with Crippen molar-refractivity contribution in [3.05, 3.63) is 48.2 Å². The van der Waals surface area contributed by atoms with Crippen LogP contribution in [0.1, 0.15) is 5.69 Å². The average molecular weight is 225 g/mol. The van der Waals surface area contributed by atoms with Crippen LogP contribution in [0.2, 0.25) is 0 Å². The molecule has 0 spiro atoms. The van der Waals surface area contributed by atoms with Crippen LogP contribution < -0.4 is 0 Å². The van der Waals surface area contributed by atoms with Crippen molar-refractivity contribution in [3.63, 3.8) is 0 Å². The molecule has 0 amide bonds. The van der Waals surface area contributed by atoms with Crippen LogP contribution >= 0.6 is 0 Å². The summed E-state index contributed by atoms with van der Waals surface area (Å²) < 4.78 is 1.81. The van der Waals surface area contributed by atoms with Gasteiger partial charge in [-0.05, 0) is 43.3 Å². The zero-order valence-corrected chi connectivity index (χ0v) is 9.33. The molecular formula is C13H11N3O. The molecule has 0 saturated heterocycles. The van der Waals surface area contributed by atoms with Gasteiger partial charge in [-0.3, -0.25) is 0 Å². The fourth-order valence-corrected chi connectivity index (χ4v) is 1.77. The van der Waals surface area contributed by atoms with Crippen molar-refractivity contribution in [1.82, 2.24) is 14.6 Å². The Morgan fingerprint density at radius 1 is 1.06 bits per heavy atom. The molecule has 1 N–H and O–H groups in total. The smallest absolute Gasteiger partial charge is 0.182 e. The van der Waals surface area contributed by atoms with Gasteiger partial charge in [0.25, 0.3) is 0 Å². The topological polar surface area (TPSA) is 50.4 Å². The number of rotatable bonds is 1. The van der Waals surface area contributed by atoms with Crippen LogP contribution in [0.4, 0.5) is 0 Å². The first kappa shape index (κ1) is 9.84. The largest absolute Gasteiger partial charge is 0.508 e. The summed E-state index contributed by atoms with van der Waals surface area (Å²) >= 11 is 0. The summed E-state index contributed by atoms with van der Waals surface area (Å²) in [5, 5.41) is 13.7. The lowest BCUT2D eigenvalue weighted by Gasteiger charge is -1.95. The molecule has 17 heavy (non-hydrogen) atoms. The van der Waals surface area contributed by atoms with E-state index >= 15 is 0 Å². The molecule has 0 fully saturated rings. The number of fused-ring (bicyclic) bond motifs is 1. The molecule has 0 aliphatic heterocycles. The molecule has 0 atom stereocenters. The van der Waals surface area contributed by atoms with Gasteiger partial charge in [-0.2, -0.15) is 0 Å². The zero-order chi connectivity index (χ0) is 11.8. The maximum Gasteiger partial charge on any atom is 0.182 e. The van der Waals surface area contributed by atoms with Crippen LogP contribution in [0.5, 0.6) is 5.75 Å². The van der Waals surface area contributed by atoms with Gasteiger partial charge in [-0.15, -0.1) is 5.10 Å². The molecule has 0 unspecified atom stereocenters. The van der Waals surface area contributed by atoms with Gasteiger partial charge < -0.3 is 5.11 Å². The molecule has 84 valence electrons. The summed E-state index contributed by atoms with van der Waals surface area (Å²) in [7, 11) is 0. The van der Waals surface area contributed by atoms with Crippen LogP contribution in [-0.2, 0) is 0 Å². The third kappa shape index (κ3) is 1.63. The Labute approximate surface area is 98.2 Å². The lowest BCUT2D eigenvalue weighted by Crippen LogP contribution is -1.91. The van der Waals surface area contributed by atoms with Crippen LogP contribution in [0.3, 0.4) is 0 Å². The summed E-state index contributed by atoms with van der Waals surface area (Å²) in [6, 6.07) is 12.7. The van der Waals surface area contributed by atoms with Crippen molar-refractivity contribution in [3.8, 4) is 17.1 Å². The Balaban J connectivity index is 2.18. The lowest BCUT2D eigenvalue weighted by molar-refractivity contribution is 0.475. The van der Waals surface area contributed by atoms with Gasteiger partial charge in [0.1, 0.15) is 5.75 Å². The van der Waals surface area contributed by atoms with Gasteiger partial charge >= 0.3 is 0 Å². The van der Waals surface area contributed by atoms with Crippen LogP contribution in [-0.4, -0.2) is 19.7 Å². The van der Waals surface area contributed by atoms with E-state index < -0.39 is 0 Å². The second kappa shape index (κ2) is 3.59. The molecule has 0 saturated carbocycles. The minimum absolute atomic E-state index is 0.244. The van der Waals surface area contributed by atoms with Gasteiger partial charge in [-0.25, -0.2) is 9.50 Å². The zero-order valence-electron chi connectivity index (χ0n) is 9.33. The van der Waals surface area contributed by atoms with Crippen molar-refractivity contribution in [1.29, 1.82) is 0 Å². The lowest BCUT2D eigenvalue weighted by atomic mass is 10.2. The fraction of sp³-hybridized carbons (Fsp3) is 0.0769. The number of pyridine rings is 1. The second-order valence-electron chi connectivity index (χ2n) is 3.92. The molecule has 3 rings (SSSR count). The molecule has 3 aromatic rings. The van der Waals surface area contributed by atoms with E-state index in [0.717, 1.165) is 16.9 Å². The van der Waals surface area contributed by atoms with Crippen molar-refractivity contribution in [2.24, 2.45) is 0 Å². The van der Waals surface area contributed by atoms with Gasteiger partial charge in [0.05, 0.1) is 0 Å². The van der Waals surface area contributed by atoms with E-state index in [2.05, 4.69) is 10.1 Å². The normalized spacial score (nSPS) is 10.9. The van der Waals surface area contributed by atoms with E-state index in [1.165, 1.54) is 0 Å². The SMILES string of the molecule is Cc1cccc2nc(-c3ccc(O)cc3)nn12. The summed E-state index contributed by atoms with van der Waals surface area (Å²) in [6.45, 7) is 1.99. The number of benzene rings is 1. The van der Waals surface area contributed by atoms with Crippen LogP contribution in [0.15, 0.2) is 42.5 Å². The van der Waals surface area contributed by atoms with Gasteiger partial charge in [0, 0.05) is 11.3 Å². The monoisotopic (exact) mass is 225 g/mol. The number of phenols is 1. The van der Waals surface area contributed by atoms with Crippen molar-refractivity contribution < 1.29 is 5.11 Å². The Morgan fingerprint density at radius 3 is 2.53 bits per heavy atom. The standard InChI is InChI=1S/C13H11N3O/c1-9-3-2-4-12-14-13(15-16(9)12)10-5-7-11(17)8-6-10/h2-8,17H,1H3. The molecule has 0 aliphatic rings. The number of aromatic hydroxyl groups is 1. The molecule has 4 nitrogen and oxygen atoms in total. The van der Waals surface area contributed by atoms with Crippen molar-refractivity contribution in [2.75, 3.05) is 0 Å². The van der Waals surface area contributed by atoms with Gasteiger partial charge in [0.15, 0.2) is 11.5 Å². The highest BCUT2D eigenvalue weighted by molar-refractivity contribution is 5.59. The van der Waals surface area contributed by atoms with E-state index in [1.54, 1.807) is 24.3 Å². The number of phenolic OH excluding ortho intramolecular Hbond substituents is 1. The van der Waals surface area contributed by atoms with E-state index in [4.69, 9.17) is 0 Å². The fourth-order valence-electron chi connectivity index (χ4n) is 1.77. The van der Waals surface area contributed by atoms with Gasteiger partial charge in [0.2, 0.25) is 0 Å². The average Bonchev–Trinajstić information content (AvgIpc) is 2.75. The Bertz CT molecular complexity index is 671. The predicted octanol–water partition coefficient (Wildman–Crippen LogP) is 2.41. The van der Waals surface area contributed by atoms with Gasteiger partial charge in [-0.1, -0.05) is 6.07 Å². The van der Waals surface area contributed by atoms with Crippen LogP contribution in [0.25, 0.3) is 17.0 Å². The highest BCUT2D eigenvalue weighted by Gasteiger charge is 2.06. The Kier molecular flexibility index (Phi) is 2.08. The minimum atomic E-state index is 0.244. The van der Waals surface area contributed by atoms with E-state index in [9.17, 15) is 5.11 Å². The van der Waals surface area contributed by atoms with E-state index in [1.807, 2.05) is 29.6 Å². The highest BCUT2D eigenvalue weighted by Crippen LogP contribution is 2.19. The number of nitrogens with zero attached hydrogens (tertiary/aromatic N) is 3. The van der Waals surface area contributed by atoms with Crippen molar-refractivity contribution >= 4 is 5.65 Å². The molecule has 4 heteroatoms. The molecule has 2 aromatic heterocycles. The molecular weight excluding hydrogens is 214 g/mol. The quantitative estimate of drug-likeness (QED) is 0.691. The number of aryl methyl sites for hydroxylation is 1.